The summed E-state index contributed by atoms with van der Waals surface area (Å²) in [4.78, 5) is 15.8. The van der Waals surface area contributed by atoms with Crippen LogP contribution in [-0.4, -0.2) is 75.7 Å². The van der Waals surface area contributed by atoms with Crippen LogP contribution in [0.25, 0.3) is 10.8 Å². The van der Waals surface area contributed by atoms with Gasteiger partial charge in [0.15, 0.2) is 12.7 Å². The van der Waals surface area contributed by atoms with Gasteiger partial charge in [-0.15, -0.1) is 0 Å². The molecule has 10 fully saturated rings. The topological polar surface area (TPSA) is 22.1 Å². The second-order valence-corrected chi connectivity index (χ2v) is 20.8. The van der Waals surface area contributed by atoms with Gasteiger partial charge in [0.05, 0.1) is 12.1 Å². The van der Waals surface area contributed by atoms with E-state index in [4.69, 9.17) is 4.99 Å². The Morgan fingerprint density at radius 1 is 0.558 bits per heavy atom. The summed E-state index contributed by atoms with van der Waals surface area (Å²) in [6, 6.07) is 18.2. The van der Waals surface area contributed by atoms with Crippen molar-refractivity contribution in [1.29, 1.82) is 0 Å². The minimum atomic E-state index is 0.565. The summed E-state index contributed by atoms with van der Waals surface area (Å²) in [5, 5.41) is 3.11. The minimum Gasteiger partial charge on any atom is -0.337 e. The Labute approximate surface area is 314 Å². The van der Waals surface area contributed by atoms with Crippen molar-refractivity contribution in [2.75, 3.05) is 0 Å². The molecule has 274 valence electrons. The SMILES string of the molecule is Cc1ccc2cccc(C)c2c1B1C2CCCCC2N2C3=NC4CCCCC4N3C3CC4C5CCCC6C7CCCCC7N(C65)C4C4CCC1C2C43. The van der Waals surface area contributed by atoms with Crippen molar-refractivity contribution in [3.05, 3.63) is 41.5 Å². The Hall–Kier alpha value is -2.01. The highest BCUT2D eigenvalue weighted by atomic mass is 15.5. The predicted molar refractivity (Wildman–Crippen MR) is 214 cm³/mol. The number of rotatable bonds is 1. The summed E-state index contributed by atoms with van der Waals surface area (Å²) in [5.41, 5.74) is 4.88. The molecular weight excluding hydrogens is 631 g/mol. The Morgan fingerprint density at radius 2 is 1.31 bits per heavy atom. The molecule has 4 saturated heterocycles. The van der Waals surface area contributed by atoms with E-state index in [0.717, 1.165) is 71.3 Å². The number of guanidine groups is 1. The molecule has 5 aliphatic heterocycles. The van der Waals surface area contributed by atoms with Gasteiger partial charge in [-0.2, -0.15) is 0 Å². The van der Waals surface area contributed by atoms with Crippen molar-refractivity contribution >= 4 is 28.9 Å². The lowest BCUT2D eigenvalue weighted by Crippen LogP contribution is -2.78. The summed E-state index contributed by atoms with van der Waals surface area (Å²) in [5.74, 6) is 8.76. The van der Waals surface area contributed by atoms with Crippen LogP contribution in [0.5, 0.6) is 0 Å². The minimum absolute atomic E-state index is 0.565. The summed E-state index contributed by atoms with van der Waals surface area (Å²) < 4.78 is 0. The molecule has 0 aromatic heterocycles. The van der Waals surface area contributed by atoms with Gasteiger partial charge in [0, 0.05) is 42.2 Å². The van der Waals surface area contributed by atoms with Crippen molar-refractivity contribution in [2.45, 2.75) is 189 Å². The van der Waals surface area contributed by atoms with E-state index in [9.17, 15) is 0 Å². The predicted octanol–water partition coefficient (Wildman–Crippen LogP) is 8.98. The molecule has 5 heterocycles. The summed E-state index contributed by atoms with van der Waals surface area (Å²) in [7, 11) is 0. The first-order valence-electron chi connectivity index (χ1n) is 23.1. The van der Waals surface area contributed by atoms with E-state index in [-0.39, 0.29) is 0 Å². The second kappa shape index (κ2) is 11.3. The average Bonchev–Trinajstić information content (AvgIpc) is 3.84. The van der Waals surface area contributed by atoms with Crippen molar-refractivity contribution in [1.82, 2.24) is 14.7 Å². The first kappa shape index (κ1) is 31.2. The Morgan fingerprint density at radius 3 is 2.21 bits per heavy atom. The van der Waals surface area contributed by atoms with E-state index >= 15 is 0 Å². The zero-order chi connectivity index (χ0) is 34.0. The van der Waals surface area contributed by atoms with Gasteiger partial charge in [0.25, 0.3) is 0 Å². The highest BCUT2D eigenvalue weighted by Gasteiger charge is 2.72. The summed E-state index contributed by atoms with van der Waals surface area (Å²) in [6.45, 7) is 5.60. The number of aryl methyl sites for hydroxylation is 2. The van der Waals surface area contributed by atoms with Crippen LogP contribution in [0.3, 0.4) is 0 Å². The third kappa shape index (κ3) is 3.89. The molecule has 6 saturated carbocycles. The molecular formula is C47H63BN4. The lowest BCUT2D eigenvalue weighted by atomic mass is 9.22. The highest BCUT2D eigenvalue weighted by molar-refractivity contribution is 6.79. The fraction of sp³-hybridized carbons (Fsp3) is 0.766. The van der Waals surface area contributed by atoms with Gasteiger partial charge in [-0.05, 0) is 129 Å². The maximum Gasteiger partial charge on any atom is 0.198 e. The second-order valence-electron chi connectivity index (χ2n) is 20.8. The van der Waals surface area contributed by atoms with Gasteiger partial charge >= 0.3 is 0 Å². The number of fused-ring (bicyclic) bond motifs is 15. The molecule has 0 radical (unpaired) electrons. The fourth-order valence-corrected chi connectivity index (χ4v) is 18.1. The van der Waals surface area contributed by atoms with Crippen LogP contribution in [0.1, 0.15) is 127 Å². The molecule has 4 nitrogen and oxygen atoms in total. The molecule has 13 rings (SSSR count). The molecule has 2 aromatic carbocycles. The van der Waals surface area contributed by atoms with Crippen molar-refractivity contribution in [3.8, 4) is 0 Å². The first-order chi connectivity index (χ1) is 25.7. The summed E-state index contributed by atoms with van der Waals surface area (Å²) in [6.07, 6.45) is 26.4. The third-order valence-electron chi connectivity index (χ3n) is 19.3. The molecule has 2 aromatic rings. The lowest BCUT2D eigenvalue weighted by Gasteiger charge is -2.69. The van der Waals surface area contributed by atoms with Crippen LogP contribution in [-0.2, 0) is 0 Å². The normalized spacial score (nSPS) is 48.3. The fourth-order valence-electron chi connectivity index (χ4n) is 18.1. The van der Waals surface area contributed by atoms with Gasteiger partial charge in [0.1, 0.15) is 0 Å². The number of aliphatic imine (C=N–C) groups is 1. The standard InChI is InChI=1S/C47H63BN4/c1-26-11-9-12-28-22-21-27(2)43(41(26)28)48-34-16-4-7-19-38(34)52-46-35(48)24-23-32-42(46)40(50-39-20-8-5-17-36(39)49-47(50)52)25-33-31-15-10-14-30-29-13-3-6-18-37(29)51(44(30)31)45(32)33/h9,11-12,21-22,29-40,42,44-46H,3-8,10,13-20,23-25H2,1-2H3. The molecule has 11 aliphatic rings. The molecule has 0 spiro atoms. The molecule has 6 aliphatic carbocycles. The van der Waals surface area contributed by atoms with E-state index in [1.165, 1.54) is 107 Å². The van der Waals surface area contributed by atoms with Crippen molar-refractivity contribution < 1.29 is 0 Å². The van der Waals surface area contributed by atoms with Gasteiger partial charge < -0.3 is 9.80 Å². The molecule has 0 amide bonds. The van der Waals surface area contributed by atoms with Gasteiger partial charge in [-0.1, -0.05) is 99.1 Å². The molecule has 0 bridgehead atoms. The number of hydrogen-bond acceptors (Lipinski definition) is 4. The van der Waals surface area contributed by atoms with Crippen molar-refractivity contribution in [2.24, 2.45) is 40.5 Å². The zero-order valence-corrected chi connectivity index (χ0v) is 32.2. The van der Waals surface area contributed by atoms with Crippen LogP contribution >= 0.6 is 0 Å². The molecule has 16 unspecified atom stereocenters. The average molecular weight is 695 g/mol. The Bertz CT molecular complexity index is 1820. The van der Waals surface area contributed by atoms with Gasteiger partial charge in [-0.3, -0.25) is 4.90 Å². The van der Waals surface area contributed by atoms with Crippen molar-refractivity contribution in [3.63, 3.8) is 0 Å². The maximum atomic E-state index is 5.98. The summed E-state index contributed by atoms with van der Waals surface area (Å²) >= 11 is 0. The quantitative estimate of drug-likeness (QED) is 0.279. The monoisotopic (exact) mass is 695 g/mol. The molecule has 52 heavy (non-hydrogen) atoms. The molecule has 5 heteroatoms. The molecule has 16 atom stereocenters. The Balaban J connectivity index is 0.997. The van der Waals surface area contributed by atoms with Crippen LogP contribution in [0.2, 0.25) is 11.6 Å². The van der Waals surface area contributed by atoms with Gasteiger partial charge in [-0.25, -0.2) is 4.99 Å². The first-order valence-corrected chi connectivity index (χ1v) is 23.1. The van der Waals surface area contributed by atoms with E-state index in [1.807, 2.05) is 0 Å². The third-order valence-corrected chi connectivity index (χ3v) is 19.3. The van der Waals surface area contributed by atoms with E-state index in [1.54, 1.807) is 41.6 Å². The zero-order valence-electron chi connectivity index (χ0n) is 32.2. The van der Waals surface area contributed by atoms with Crippen LogP contribution < -0.4 is 5.46 Å². The van der Waals surface area contributed by atoms with Gasteiger partial charge in [0.2, 0.25) is 0 Å². The van der Waals surface area contributed by atoms with E-state index in [2.05, 4.69) is 58.9 Å². The largest absolute Gasteiger partial charge is 0.337 e. The Kier molecular flexibility index (Phi) is 6.78. The maximum absolute atomic E-state index is 5.98. The van der Waals surface area contributed by atoms with Crippen LogP contribution in [0, 0.1) is 49.4 Å². The molecule has 0 N–H and O–H groups in total. The highest BCUT2D eigenvalue weighted by Crippen LogP contribution is 2.67. The number of nitrogens with zero attached hydrogens (tertiary/aromatic N) is 4. The smallest absolute Gasteiger partial charge is 0.198 e. The van der Waals surface area contributed by atoms with Crippen LogP contribution in [0.15, 0.2) is 35.3 Å². The number of benzene rings is 2. The van der Waals surface area contributed by atoms with E-state index in [0.29, 0.717) is 30.9 Å². The lowest BCUT2D eigenvalue weighted by molar-refractivity contribution is -0.0977. The van der Waals surface area contributed by atoms with Crippen LogP contribution in [0.4, 0.5) is 0 Å². The van der Waals surface area contributed by atoms with E-state index < -0.39 is 0 Å². The number of hydrogen-bond donors (Lipinski definition) is 0.